The van der Waals surface area contributed by atoms with E-state index >= 15 is 0 Å². The molecule has 0 spiro atoms. The summed E-state index contributed by atoms with van der Waals surface area (Å²) in [6.45, 7) is 7.15. The van der Waals surface area contributed by atoms with Gasteiger partial charge in [-0.3, -0.25) is 9.69 Å². The summed E-state index contributed by atoms with van der Waals surface area (Å²) in [7, 11) is 3.63. The van der Waals surface area contributed by atoms with Gasteiger partial charge in [0.25, 0.3) is 0 Å². The van der Waals surface area contributed by atoms with Gasteiger partial charge in [-0.25, -0.2) is 0 Å². The van der Waals surface area contributed by atoms with E-state index in [2.05, 4.69) is 26.0 Å². The van der Waals surface area contributed by atoms with E-state index in [9.17, 15) is 4.79 Å². The molecule has 1 aromatic rings. The number of hydrogen-bond donors (Lipinski definition) is 0. The van der Waals surface area contributed by atoms with Gasteiger partial charge in [0.2, 0.25) is 0 Å². The zero-order chi connectivity index (χ0) is 13.7. The highest BCUT2D eigenvalue weighted by molar-refractivity contribution is 5.77. The molecule has 1 rings (SSSR count). The van der Waals surface area contributed by atoms with Gasteiger partial charge in [-0.15, -0.1) is 0 Å². The lowest BCUT2D eigenvalue weighted by Crippen LogP contribution is -2.24. The highest BCUT2D eigenvalue weighted by Gasteiger charge is 2.10. The van der Waals surface area contributed by atoms with Crippen LogP contribution in [0.15, 0.2) is 18.2 Å². The molecule has 3 nitrogen and oxygen atoms in total. The molecular formula is C15H23NO2. The van der Waals surface area contributed by atoms with E-state index in [1.54, 1.807) is 14.0 Å². The van der Waals surface area contributed by atoms with Crippen molar-refractivity contribution in [3.8, 4) is 5.75 Å². The fraction of sp³-hybridized carbons (Fsp3) is 0.533. The SMILES string of the molecule is COc1ccc(C(C)C)cc1CN(C)CC(C)=O. The molecule has 0 amide bonds. The van der Waals surface area contributed by atoms with Crippen LogP contribution in [-0.2, 0) is 11.3 Å². The Morgan fingerprint density at radius 2 is 2.06 bits per heavy atom. The zero-order valence-corrected chi connectivity index (χ0v) is 12.0. The van der Waals surface area contributed by atoms with Crippen molar-refractivity contribution < 1.29 is 9.53 Å². The number of Topliss-reactive ketones (excluding diaryl/α,β-unsaturated/α-hetero) is 1. The van der Waals surface area contributed by atoms with Crippen molar-refractivity contribution in [2.45, 2.75) is 33.2 Å². The monoisotopic (exact) mass is 249 g/mol. The smallest absolute Gasteiger partial charge is 0.143 e. The number of benzene rings is 1. The number of likely N-dealkylation sites (N-methyl/N-ethyl adjacent to an activating group) is 1. The van der Waals surface area contributed by atoms with E-state index in [1.165, 1.54) is 5.56 Å². The molecule has 0 aliphatic rings. The number of methoxy groups -OCH3 is 1. The summed E-state index contributed by atoms with van der Waals surface area (Å²) in [5.41, 5.74) is 2.43. The van der Waals surface area contributed by atoms with Crippen molar-refractivity contribution in [1.82, 2.24) is 4.90 Å². The maximum Gasteiger partial charge on any atom is 0.143 e. The van der Waals surface area contributed by atoms with Crippen LogP contribution in [0.2, 0.25) is 0 Å². The second kappa shape index (κ2) is 6.55. The average Bonchev–Trinajstić information content (AvgIpc) is 2.27. The van der Waals surface area contributed by atoms with E-state index < -0.39 is 0 Å². The van der Waals surface area contributed by atoms with E-state index in [-0.39, 0.29) is 5.78 Å². The van der Waals surface area contributed by atoms with Gasteiger partial charge in [0, 0.05) is 12.1 Å². The molecule has 100 valence electrons. The predicted octanol–water partition coefficient (Wildman–Crippen LogP) is 2.84. The Morgan fingerprint density at radius 1 is 1.39 bits per heavy atom. The zero-order valence-electron chi connectivity index (χ0n) is 12.0. The third-order valence-corrected chi connectivity index (χ3v) is 2.90. The molecule has 0 radical (unpaired) electrons. The first-order chi connectivity index (χ1) is 8.43. The van der Waals surface area contributed by atoms with E-state index in [0.29, 0.717) is 12.5 Å². The van der Waals surface area contributed by atoms with Crippen LogP contribution in [0.3, 0.4) is 0 Å². The Labute approximate surface area is 110 Å². The molecule has 0 atom stereocenters. The normalized spacial score (nSPS) is 11.1. The van der Waals surface area contributed by atoms with Crippen LogP contribution >= 0.6 is 0 Å². The summed E-state index contributed by atoms with van der Waals surface area (Å²) in [5, 5.41) is 0. The number of nitrogens with zero attached hydrogens (tertiary/aromatic N) is 1. The Bertz CT molecular complexity index is 413. The summed E-state index contributed by atoms with van der Waals surface area (Å²) >= 11 is 0. The quantitative estimate of drug-likeness (QED) is 0.776. The highest BCUT2D eigenvalue weighted by atomic mass is 16.5. The summed E-state index contributed by atoms with van der Waals surface area (Å²) in [6.07, 6.45) is 0. The second-order valence-electron chi connectivity index (χ2n) is 5.10. The van der Waals surface area contributed by atoms with Gasteiger partial charge < -0.3 is 4.74 Å². The van der Waals surface area contributed by atoms with E-state index in [1.807, 2.05) is 18.0 Å². The minimum atomic E-state index is 0.177. The number of ketones is 1. The van der Waals surface area contributed by atoms with Crippen molar-refractivity contribution >= 4 is 5.78 Å². The first kappa shape index (κ1) is 14.7. The van der Waals surface area contributed by atoms with Crippen molar-refractivity contribution in [2.75, 3.05) is 20.7 Å². The minimum absolute atomic E-state index is 0.177. The first-order valence-corrected chi connectivity index (χ1v) is 6.28. The molecular weight excluding hydrogens is 226 g/mol. The van der Waals surface area contributed by atoms with Crippen molar-refractivity contribution in [2.24, 2.45) is 0 Å². The Kier molecular flexibility index (Phi) is 5.35. The number of ether oxygens (including phenoxy) is 1. The molecule has 0 aliphatic carbocycles. The standard InChI is InChI=1S/C15H23NO2/c1-11(2)13-6-7-15(18-5)14(8-13)10-16(4)9-12(3)17/h6-8,11H,9-10H2,1-5H3. The van der Waals surface area contributed by atoms with Crippen LogP contribution < -0.4 is 4.74 Å². The molecule has 0 bridgehead atoms. The van der Waals surface area contributed by atoms with Gasteiger partial charge >= 0.3 is 0 Å². The molecule has 0 aromatic heterocycles. The third kappa shape index (κ3) is 4.15. The summed E-state index contributed by atoms with van der Waals surface area (Å²) in [4.78, 5) is 13.1. The largest absolute Gasteiger partial charge is 0.496 e. The predicted molar refractivity (Wildman–Crippen MR) is 74.1 cm³/mol. The Morgan fingerprint density at radius 3 is 2.56 bits per heavy atom. The van der Waals surface area contributed by atoms with Gasteiger partial charge in [-0.2, -0.15) is 0 Å². The van der Waals surface area contributed by atoms with Gasteiger partial charge in [-0.1, -0.05) is 26.0 Å². The maximum atomic E-state index is 11.1. The van der Waals surface area contributed by atoms with Crippen LogP contribution in [0, 0.1) is 0 Å². The Hall–Kier alpha value is -1.35. The van der Waals surface area contributed by atoms with Crippen LogP contribution in [0.4, 0.5) is 0 Å². The van der Waals surface area contributed by atoms with Crippen molar-refractivity contribution in [1.29, 1.82) is 0 Å². The van der Waals surface area contributed by atoms with Crippen molar-refractivity contribution in [3.05, 3.63) is 29.3 Å². The van der Waals surface area contributed by atoms with Gasteiger partial charge in [-0.05, 0) is 31.5 Å². The highest BCUT2D eigenvalue weighted by Crippen LogP contribution is 2.25. The summed E-state index contributed by atoms with van der Waals surface area (Å²) in [5.74, 6) is 1.55. The lowest BCUT2D eigenvalue weighted by atomic mass is 10.00. The van der Waals surface area contributed by atoms with Crippen molar-refractivity contribution in [3.63, 3.8) is 0 Å². The molecule has 0 saturated carbocycles. The molecule has 0 N–H and O–H groups in total. The summed E-state index contributed by atoms with van der Waals surface area (Å²) in [6, 6.07) is 6.27. The van der Waals surface area contributed by atoms with Crippen LogP contribution in [0.5, 0.6) is 5.75 Å². The first-order valence-electron chi connectivity index (χ1n) is 6.28. The molecule has 0 unspecified atom stereocenters. The number of carbonyl (C=O) groups excluding carboxylic acids is 1. The molecule has 1 aromatic carbocycles. The van der Waals surface area contributed by atoms with E-state index in [4.69, 9.17) is 4.74 Å². The molecule has 18 heavy (non-hydrogen) atoms. The maximum absolute atomic E-state index is 11.1. The van der Waals surface area contributed by atoms with E-state index in [0.717, 1.165) is 17.9 Å². The lowest BCUT2D eigenvalue weighted by molar-refractivity contribution is -0.117. The molecule has 0 heterocycles. The third-order valence-electron chi connectivity index (χ3n) is 2.90. The number of hydrogen-bond acceptors (Lipinski definition) is 3. The second-order valence-corrected chi connectivity index (χ2v) is 5.10. The number of rotatable bonds is 6. The average molecular weight is 249 g/mol. The number of carbonyl (C=O) groups is 1. The molecule has 0 aliphatic heterocycles. The topological polar surface area (TPSA) is 29.5 Å². The fourth-order valence-electron chi connectivity index (χ4n) is 2.01. The van der Waals surface area contributed by atoms with Gasteiger partial charge in [0.05, 0.1) is 13.7 Å². The minimum Gasteiger partial charge on any atom is -0.496 e. The van der Waals surface area contributed by atoms with Gasteiger partial charge in [0.1, 0.15) is 11.5 Å². The van der Waals surface area contributed by atoms with Crippen LogP contribution in [0.25, 0.3) is 0 Å². The fourth-order valence-corrected chi connectivity index (χ4v) is 2.01. The molecule has 0 saturated heterocycles. The Balaban J connectivity index is 2.90. The molecule has 0 fully saturated rings. The van der Waals surface area contributed by atoms with Crippen LogP contribution in [-0.4, -0.2) is 31.4 Å². The van der Waals surface area contributed by atoms with Crippen LogP contribution in [0.1, 0.15) is 37.8 Å². The summed E-state index contributed by atoms with van der Waals surface area (Å²) < 4.78 is 5.37. The van der Waals surface area contributed by atoms with Gasteiger partial charge in [0.15, 0.2) is 0 Å². The lowest BCUT2D eigenvalue weighted by Gasteiger charge is -2.18. The molecule has 3 heteroatoms.